The highest BCUT2D eigenvalue weighted by Gasteiger charge is 2.41. The van der Waals surface area contributed by atoms with Crippen molar-refractivity contribution in [1.29, 1.82) is 0 Å². The van der Waals surface area contributed by atoms with Crippen molar-refractivity contribution in [3.63, 3.8) is 0 Å². The van der Waals surface area contributed by atoms with Crippen LogP contribution in [0.2, 0.25) is 0 Å². The quantitative estimate of drug-likeness (QED) is 0.798. The second-order valence-corrected chi connectivity index (χ2v) is 6.18. The van der Waals surface area contributed by atoms with Gasteiger partial charge in [-0.3, -0.25) is 4.68 Å². The summed E-state index contributed by atoms with van der Waals surface area (Å²) in [5.74, 6) is 0. The van der Waals surface area contributed by atoms with Crippen LogP contribution in [0.5, 0.6) is 0 Å². The molecule has 1 aromatic heterocycles. The molecular formula is C17H30N2O2. The maximum atomic E-state index is 10.7. The fraction of sp³-hybridized carbons (Fsp3) is 0.824. The van der Waals surface area contributed by atoms with Crippen LogP contribution in [-0.4, -0.2) is 33.2 Å². The van der Waals surface area contributed by atoms with Crippen molar-refractivity contribution in [2.75, 3.05) is 6.61 Å². The SMILES string of the molecule is CCOC1(C(O)Cc2ccn(C(CC)CC)n2)CCCC1. The van der Waals surface area contributed by atoms with Crippen molar-refractivity contribution in [1.82, 2.24) is 9.78 Å². The number of aliphatic hydroxyl groups is 1. The fourth-order valence-corrected chi connectivity index (χ4v) is 3.57. The van der Waals surface area contributed by atoms with Gasteiger partial charge in [0.05, 0.1) is 23.4 Å². The Morgan fingerprint density at radius 2 is 1.95 bits per heavy atom. The van der Waals surface area contributed by atoms with Crippen molar-refractivity contribution >= 4 is 0 Å². The minimum absolute atomic E-state index is 0.340. The number of rotatable bonds is 8. The molecule has 0 radical (unpaired) electrons. The van der Waals surface area contributed by atoms with E-state index >= 15 is 0 Å². The Morgan fingerprint density at radius 1 is 1.29 bits per heavy atom. The topological polar surface area (TPSA) is 47.3 Å². The number of aliphatic hydroxyl groups excluding tert-OH is 1. The summed E-state index contributed by atoms with van der Waals surface area (Å²) in [5, 5.41) is 15.3. The van der Waals surface area contributed by atoms with Gasteiger partial charge in [0.1, 0.15) is 0 Å². The molecule has 21 heavy (non-hydrogen) atoms. The molecule has 0 spiro atoms. The molecule has 1 aliphatic rings. The van der Waals surface area contributed by atoms with Gasteiger partial charge in [-0.25, -0.2) is 0 Å². The molecule has 2 rings (SSSR count). The van der Waals surface area contributed by atoms with E-state index in [9.17, 15) is 5.11 Å². The Kier molecular flexibility index (Phi) is 5.82. The molecule has 0 aliphatic heterocycles. The summed E-state index contributed by atoms with van der Waals surface area (Å²) in [4.78, 5) is 0. The first kappa shape index (κ1) is 16.5. The number of hydrogen-bond acceptors (Lipinski definition) is 3. The number of hydrogen-bond donors (Lipinski definition) is 1. The van der Waals surface area contributed by atoms with Gasteiger partial charge < -0.3 is 9.84 Å². The highest BCUT2D eigenvalue weighted by atomic mass is 16.5. The minimum Gasteiger partial charge on any atom is -0.390 e. The lowest BCUT2D eigenvalue weighted by Gasteiger charge is -2.33. The van der Waals surface area contributed by atoms with E-state index in [1.165, 1.54) is 0 Å². The summed E-state index contributed by atoms with van der Waals surface area (Å²) in [7, 11) is 0. The predicted octanol–water partition coefficient (Wildman–Crippen LogP) is 3.50. The number of aromatic nitrogens is 2. The van der Waals surface area contributed by atoms with Gasteiger partial charge in [0.15, 0.2) is 0 Å². The van der Waals surface area contributed by atoms with E-state index in [2.05, 4.69) is 18.9 Å². The van der Waals surface area contributed by atoms with Gasteiger partial charge >= 0.3 is 0 Å². The first-order valence-electron chi connectivity index (χ1n) is 8.51. The number of nitrogens with zero attached hydrogens (tertiary/aromatic N) is 2. The van der Waals surface area contributed by atoms with Crippen molar-refractivity contribution in [3.8, 4) is 0 Å². The van der Waals surface area contributed by atoms with Gasteiger partial charge in [-0.05, 0) is 38.7 Å². The summed E-state index contributed by atoms with van der Waals surface area (Å²) in [6.07, 6.45) is 8.59. The van der Waals surface area contributed by atoms with Crippen LogP contribution in [-0.2, 0) is 11.2 Å². The molecular weight excluding hydrogens is 264 g/mol. The molecule has 4 nitrogen and oxygen atoms in total. The third kappa shape index (κ3) is 3.67. The monoisotopic (exact) mass is 294 g/mol. The van der Waals surface area contributed by atoms with Gasteiger partial charge in [0, 0.05) is 19.2 Å². The van der Waals surface area contributed by atoms with Crippen molar-refractivity contribution in [3.05, 3.63) is 18.0 Å². The van der Waals surface area contributed by atoms with Crippen molar-refractivity contribution in [2.24, 2.45) is 0 Å². The third-order valence-electron chi connectivity index (χ3n) is 4.87. The van der Waals surface area contributed by atoms with Crippen LogP contribution in [0.15, 0.2) is 12.3 Å². The van der Waals surface area contributed by atoms with E-state index in [1.807, 2.05) is 23.9 Å². The highest BCUT2D eigenvalue weighted by Crippen LogP contribution is 2.37. The third-order valence-corrected chi connectivity index (χ3v) is 4.87. The zero-order chi connectivity index (χ0) is 15.3. The van der Waals surface area contributed by atoms with Gasteiger partial charge in [0.25, 0.3) is 0 Å². The molecule has 1 unspecified atom stereocenters. The van der Waals surface area contributed by atoms with Crippen LogP contribution in [0.25, 0.3) is 0 Å². The van der Waals surface area contributed by atoms with E-state index in [1.54, 1.807) is 0 Å². The molecule has 0 bridgehead atoms. The lowest BCUT2D eigenvalue weighted by molar-refractivity contribution is -0.115. The van der Waals surface area contributed by atoms with E-state index in [4.69, 9.17) is 4.74 Å². The first-order chi connectivity index (χ1) is 10.1. The molecule has 0 amide bonds. The lowest BCUT2D eigenvalue weighted by atomic mass is 9.91. The molecule has 0 saturated heterocycles. The van der Waals surface area contributed by atoms with E-state index in [0.717, 1.165) is 44.2 Å². The molecule has 1 aliphatic carbocycles. The predicted molar refractivity (Wildman–Crippen MR) is 84.4 cm³/mol. The van der Waals surface area contributed by atoms with Crippen molar-refractivity contribution < 1.29 is 9.84 Å². The Morgan fingerprint density at radius 3 is 2.52 bits per heavy atom. The molecule has 1 fully saturated rings. The summed E-state index contributed by atoms with van der Waals surface area (Å²) in [6, 6.07) is 2.50. The van der Waals surface area contributed by atoms with Crippen LogP contribution in [0.4, 0.5) is 0 Å². The fourth-order valence-electron chi connectivity index (χ4n) is 3.57. The average molecular weight is 294 g/mol. The molecule has 1 heterocycles. The zero-order valence-corrected chi connectivity index (χ0v) is 13.7. The largest absolute Gasteiger partial charge is 0.390 e. The molecule has 1 atom stereocenters. The molecule has 0 aromatic carbocycles. The molecule has 1 N–H and O–H groups in total. The first-order valence-corrected chi connectivity index (χ1v) is 8.51. The van der Waals surface area contributed by atoms with Gasteiger partial charge in [-0.2, -0.15) is 5.10 Å². The summed E-state index contributed by atoms with van der Waals surface area (Å²) < 4.78 is 7.98. The Labute approximate surface area is 128 Å². The van der Waals surface area contributed by atoms with Crippen LogP contribution < -0.4 is 0 Å². The summed E-state index contributed by atoms with van der Waals surface area (Å²) in [5.41, 5.74) is 0.633. The zero-order valence-electron chi connectivity index (χ0n) is 13.7. The second-order valence-electron chi connectivity index (χ2n) is 6.18. The highest BCUT2D eigenvalue weighted by molar-refractivity contribution is 5.05. The van der Waals surface area contributed by atoms with Gasteiger partial charge in [0.2, 0.25) is 0 Å². The van der Waals surface area contributed by atoms with Gasteiger partial charge in [-0.15, -0.1) is 0 Å². The summed E-state index contributed by atoms with van der Waals surface area (Å²) in [6.45, 7) is 7.05. The Hall–Kier alpha value is -0.870. The van der Waals surface area contributed by atoms with Gasteiger partial charge in [-0.1, -0.05) is 26.7 Å². The minimum atomic E-state index is -0.454. The van der Waals surface area contributed by atoms with E-state index in [-0.39, 0.29) is 5.60 Å². The summed E-state index contributed by atoms with van der Waals surface area (Å²) >= 11 is 0. The Balaban J connectivity index is 2.03. The van der Waals surface area contributed by atoms with Crippen molar-refractivity contribution in [2.45, 2.75) is 83.5 Å². The smallest absolute Gasteiger partial charge is 0.0943 e. The maximum Gasteiger partial charge on any atom is 0.0943 e. The van der Waals surface area contributed by atoms with Crippen LogP contribution in [0.1, 0.15) is 71.0 Å². The standard InChI is InChI=1S/C17H30N2O2/c1-4-15(5-2)19-12-9-14(18-19)13-16(20)17(21-6-3)10-7-8-11-17/h9,12,15-16,20H,4-8,10-11,13H2,1-3H3. The average Bonchev–Trinajstić information content (AvgIpc) is 3.11. The van der Waals surface area contributed by atoms with E-state index in [0.29, 0.717) is 19.1 Å². The molecule has 1 saturated carbocycles. The van der Waals surface area contributed by atoms with Crippen LogP contribution in [0.3, 0.4) is 0 Å². The molecule has 1 aromatic rings. The van der Waals surface area contributed by atoms with E-state index < -0.39 is 6.10 Å². The maximum absolute atomic E-state index is 10.7. The normalized spacial score (nSPS) is 19.3. The molecule has 120 valence electrons. The van der Waals surface area contributed by atoms with Crippen LogP contribution in [0, 0.1) is 0 Å². The lowest BCUT2D eigenvalue weighted by Crippen LogP contribution is -2.43. The van der Waals surface area contributed by atoms with Crippen LogP contribution >= 0.6 is 0 Å². The Bertz CT molecular complexity index is 420. The second kappa shape index (κ2) is 7.41. The molecule has 4 heteroatoms. The number of ether oxygens (including phenoxy) is 1.